The largest absolute Gasteiger partial charge is 0.493 e. The van der Waals surface area contributed by atoms with E-state index < -0.39 is 11.9 Å². The third-order valence-corrected chi connectivity index (χ3v) is 4.82. The molecular formula is C25H20N2O6. The number of carbonyl (C=O) groups excluding carboxylic acids is 1. The van der Waals surface area contributed by atoms with Gasteiger partial charge in [0.05, 0.1) is 18.9 Å². The zero-order valence-corrected chi connectivity index (χ0v) is 17.6. The fraction of sp³-hybridized carbons (Fsp3) is 0.0800. The lowest BCUT2D eigenvalue weighted by molar-refractivity contribution is 0.0696. The Hall–Kier alpha value is -4.59. The molecule has 0 bridgehead atoms. The lowest BCUT2D eigenvalue weighted by Crippen LogP contribution is -2.16. The summed E-state index contributed by atoms with van der Waals surface area (Å²) in [5.41, 5.74) is 4.80. The summed E-state index contributed by atoms with van der Waals surface area (Å²) >= 11 is 0. The van der Waals surface area contributed by atoms with Gasteiger partial charge < -0.3 is 19.0 Å². The van der Waals surface area contributed by atoms with Gasteiger partial charge in [-0.2, -0.15) is 5.10 Å². The topological polar surface area (TPSA) is 110 Å². The van der Waals surface area contributed by atoms with Crippen LogP contribution in [0.3, 0.4) is 0 Å². The number of amides is 1. The molecule has 1 heterocycles. The molecular weight excluding hydrogens is 424 g/mol. The molecule has 0 atom stereocenters. The number of ether oxygens (including phenoxy) is 2. The summed E-state index contributed by atoms with van der Waals surface area (Å²) in [7, 11) is 1.54. The minimum Gasteiger partial charge on any atom is -0.493 e. The summed E-state index contributed by atoms with van der Waals surface area (Å²) in [5.74, 6) is -0.108. The maximum absolute atomic E-state index is 12.3. The molecule has 0 aliphatic heterocycles. The van der Waals surface area contributed by atoms with Gasteiger partial charge >= 0.3 is 11.9 Å². The number of hydrogen-bond acceptors (Lipinski definition) is 6. The van der Waals surface area contributed by atoms with Gasteiger partial charge in [0, 0.05) is 5.39 Å². The van der Waals surface area contributed by atoms with Crippen molar-refractivity contribution in [2.45, 2.75) is 6.61 Å². The van der Waals surface area contributed by atoms with Crippen molar-refractivity contribution in [2.24, 2.45) is 5.10 Å². The van der Waals surface area contributed by atoms with Crippen molar-refractivity contribution in [3.05, 3.63) is 95.2 Å². The van der Waals surface area contributed by atoms with Crippen LogP contribution in [-0.4, -0.2) is 30.3 Å². The Balaban J connectivity index is 1.31. The number of para-hydroxylation sites is 1. The molecule has 33 heavy (non-hydrogen) atoms. The molecule has 0 aliphatic rings. The first kappa shape index (κ1) is 21.6. The van der Waals surface area contributed by atoms with Gasteiger partial charge in [0.1, 0.15) is 12.4 Å². The van der Waals surface area contributed by atoms with Crippen LogP contribution < -0.4 is 14.9 Å². The molecule has 0 spiro atoms. The molecule has 0 radical (unpaired) electrons. The van der Waals surface area contributed by atoms with E-state index in [4.69, 9.17) is 19.0 Å². The van der Waals surface area contributed by atoms with Crippen molar-refractivity contribution in [1.82, 2.24) is 5.43 Å². The molecule has 166 valence electrons. The van der Waals surface area contributed by atoms with Gasteiger partial charge in [-0.15, -0.1) is 0 Å². The van der Waals surface area contributed by atoms with Crippen molar-refractivity contribution in [2.75, 3.05) is 7.11 Å². The Kier molecular flexibility index (Phi) is 6.36. The summed E-state index contributed by atoms with van der Waals surface area (Å²) in [6.45, 7) is 0.311. The van der Waals surface area contributed by atoms with Crippen molar-refractivity contribution < 1.29 is 28.6 Å². The number of furan rings is 1. The van der Waals surface area contributed by atoms with Crippen LogP contribution in [0.4, 0.5) is 0 Å². The first-order valence-corrected chi connectivity index (χ1v) is 9.98. The number of carbonyl (C=O) groups is 2. The average molecular weight is 444 g/mol. The summed E-state index contributed by atoms with van der Waals surface area (Å²) in [5, 5.41) is 13.7. The molecule has 0 unspecified atom stereocenters. The van der Waals surface area contributed by atoms with Crippen molar-refractivity contribution in [3.63, 3.8) is 0 Å². The second-order valence-electron chi connectivity index (χ2n) is 7.05. The van der Waals surface area contributed by atoms with Crippen molar-refractivity contribution >= 4 is 29.1 Å². The molecule has 0 saturated heterocycles. The second-order valence-corrected chi connectivity index (χ2v) is 7.05. The summed E-state index contributed by atoms with van der Waals surface area (Å²) in [6.07, 6.45) is 1.51. The maximum Gasteiger partial charge on any atom is 0.335 e. The number of hydrazone groups is 1. The molecule has 3 aromatic carbocycles. The van der Waals surface area contributed by atoms with Crippen LogP contribution in [0.5, 0.6) is 11.5 Å². The average Bonchev–Trinajstić information content (AvgIpc) is 3.28. The van der Waals surface area contributed by atoms with E-state index in [0.29, 0.717) is 23.7 Å². The minimum atomic E-state index is -0.964. The van der Waals surface area contributed by atoms with Crippen LogP contribution in [0.1, 0.15) is 32.0 Å². The fourth-order valence-corrected chi connectivity index (χ4v) is 3.09. The molecule has 0 aliphatic carbocycles. The molecule has 0 saturated carbocycles. The lowest BCUT2D eigenvalue weighted by Gasteiger charge is -2.07. The highest BCUT2D eigenvalue weighted by atomic mass is 16.5. The third-order valence-electron chi connectivity index (χ3n) is 4.82. The fourth-order valence-electron chi connectivity index (χ4n) is 3.09. The normalized spacial score (nSPS) is 10.9. The summed E-state index contributed by atoms with van der Waals surface area (Å²) in [4.78, 5) is 23.2. The first-order valence-electron chi connectivity index (χ1n) is 9.98. The number of rotatable bonds is 8. The number of hydrogen-bond donors (Lipinski definition) is 2. The van der Waals surface area contributed by atoms with E-state index in [-0.39, 0.29) is 11.3 Å². The molecule has 8 nitrogen and oxygen atoms in total. The highest BCUT2D eigenvalue weighted by molar-refractivity contribution is 5.97. The highest BCUT2D eigenvalue weighted by Crippen LogP contribution is 2.28. The lowest BCUT2D eigenvalue weighted by atomic mass is 10.1. The van der Waals surface area contributed by atoms with E-state index in [1.807, 2.05) is 12.1 Å². The predicted octanol–water partition coefficient (Wildman–Crippen LogP) is 4.48. The zero-order chi connectivity index (χ0) is 23.2. The Labute approximate surface area is 189 Å². The minimum absolute atomic E-state index is 0.131. The Morgan fingerprint density at radius 1 is 1.06 bits per heavy atom. The molecule has 4 rings (SSSR count). The summed E-state index contributed by atoms with van der Waals surface area (Å²) < 4.78 is 16.5. The number of aromatic carboxylic acids is 1. The van der Waals surface area contributed by atoms with E-state index in [2.05, 4.69) is 10.5 Å². The van der Waals surface area contributed by atoms with Gasteiger partial charge in [-0.3, -0.25) is 4.79 Å². The highest BCUT2D eigenvalue weighted by Gasteiger charge is 2.14. The molecule has 4 aromatic rings. The smallest absolute Gasteiger partial charge is 0.335 e. The quantitative estimate of drug-likeness (QED) is 0.306. The van der Waals surface area contributed by atoms with Crippen LogP contribution in [0.25, 0.3) is 11.0 Å². The van der Waals surface area contributed by atoms with Crippen LogP contribution in [-0.2, 0) is 6.61 Å². The van der Waals surface area contributed by atoms with Gasteiger partial charge in [-0.05, 0) is 59.7 Å². The number of carboxylic acid groups (broad SMARTS) is 1. The van der Waals surface area contributed by atoms with E-state index in [1.165, 1.54) is 25.5 Å². The van der Waals surface area contributed by atoms with E-state index in [1.54, 1.807) is 48.5 Å². The second kappa shape index (κ2) is 9.69. The number of nitrogens with zero attached hydrogens (tertiary/aromatic N) is 1. The SMILES string of the molecule is COc1cccc2cc(C(=O)NN=Cc3ccc(OCc4ccc(C(=O)O)cc4)cc3)oc12. The number of nitrogens with one attached hydrogen (secondary N) is 1. The Morgan fingerprint density at radius 2 is 1.82 bits per heavy atom. The van der Waals surface area contributed by atoms with Crippen LogP contribution in [0.15, 0.2) is 82.3 Å². The van der Waals surface area contributed by atoms with Gasteiger partial charge in [0.2, 0.25) is 0 Å². The monoisotopic (exact) mass is 444 g/mol. The van der Waals surface area contributed by atoms with Gasteiger partial charge in [0.15, 0.2) is 17.1 Å². The first-order chi connectivity index (χ1) is 16.0. The predicted molar refractivity (Wildman–Crippen MR) is 122 cm³/mol. The van der Waals surface area contributed by atoms with Crippen LogP contribution in [0, 0.1) is 0 Å². The number of fused-ring (bicyclic) bond motifs is 1. The molecule has 1 aromatic heterocycles. The number of carboxylic acids is 1. The van der Waals surface area contributed by atoms with Crippen molar-refractivity contribution in [3.8, 4) is 11.5 Å². The van der Waals surface area contributed by atoms with Crippen LogP contribution in [0.2, 0.25) is 0 Å². The van der Waals surface area contributed by atoms with E-state index >= 15 is 0 Å². The van der Waals surface area contributed by atoms with Crippen molar-refractivity contribution in [1.29, 1.82) is 0 Å². The molecule has 8 heteroatoms. The van der Waals surface area contributed by atoms with Gasteiger partial charge in [0.25, 0.3) is 0 Å². The van der Waals surface area contributed by atoms with E-state index in [0.717, 1.165) is 16.5 Å². The Morgan fingerprint density at radius 3 is 2.52 bits per heavy atom. The Bertz CT molecular complexity index is 1310. The molecule has 0 fully saturated rings. The molecule has 2 N–H and O–H groups in total. The summed E-state index contributed by atoms with van der Waals surface area (Å²) in [6, 6.07) is 20.7. The number of benzene rings is 3. The zero-order valence-electron chi connectivity index (χ0n) is 17.6. The maximum atomic E-state index is 12.3. The third kappa shape index (κ3) is 5.19. The standard InChI is InChI=1S/C25H20N2O6/c1-31-21-4-2-3-19-13-22(33-23(19)21)24(28)27-26-14-16-7-11-20(12-8-16)32-15-17-5-9-18(10-6-17)25(29)30/h2-14H,15H2,1H3,(H,27,28)(H,29,30). The van der Waals surface area contributed by atoms with Crippen LogP contribution >= 0.6 is 0 Å². The van der Waals surface area contributed by atoms with Gasteiger partial charge in [-0.1, -0.05) is 24.3 Å². The number of methoxy groups -OCH3 is 1. The molecule has 1 amide bonds. The van der Waals surface area contributed by atoms with E-state index in [9.17, 15) is 9.59 Å². The van der Waals surface area contributed by atoms with Gasteiger partial charge in [-0.25, -0.2) is 10.2 Å².